The number of hydrogen-bond acceptors (Lipinski definition) is 4. The number of nitrogens with two attached hydrogens (primary N) is 1. The average Bonchev–Trinajstić information content (AvgIpc) is 2.48. The molecule has 0 spiro atoms. The first-order valence-electron chi connectivity index (χ1n) is 3.96. The summed E-state index contributed by atoms with van der Waals surface area (Å²) in [7, 11) is 0. The molecule has 0 aliphatic heterocycles. The molecule has 0 fully saturated rings. The Labute approximate surface area is 79.4 Å². The lowest BCUT2D eigenvalue weighted by molar-refractivity contribution is 0.608. The Morgan fingerprint density at radius 3 is 2.50 bits per heavy atom. The van der Waals surface area contributed by atoms with Crippen LogP contribution in [0.15, 0.2) is 18.6 Å². The summed E-state index contributed by atoms with van der Waals surface area (Å²) >= 11 is 0. The van der Waals surface area contributed by atoms with Gasteiger partial charge in [-0.15, -0.1) is 5.10 Å². The summed E-state index contributed by atoms with van der Waals surface area (Å²) in [4.78, 5) is 7.52. The van der Waals surface area contributed by atoms with E-state index in [1.165, 1.54) is 4.68 Å². The Morgan fingerprint density at radius 1 is 1.36 bits per heavy atom. The molecule has 2 N–H and O–H groups in total. The van der Waals surface area contributed by atoms with E-state index in [-0.39, 0.29) is 0 Å². The molecule has 0 saturated carbocycles. The molecule has 6 heteroatoms. The predicted octanol–water partition coefficient (Wildman–Crippen LogP) is 0.692. The number of halogens is 1. The Kier molecular flexibility index (Phi) is 1.88. The quantitative estimate of drug-likeness (QED) is 0.723. The van der Waals surface area contributed by atoms with Crippen LogP contribution in [-0.2, 0) is 0 Å². The fourth-order valence-corrected chi connectivity index (χ4v) is 1.000. The van der Waals surface area contributed by atoms with E-state index in [2.05, 4.69) is 15.1 Å². The summed E-state index contributed by atoms with van der Waals surface area (Å²) in [6.45, 7) is 1.82. The summed E-state index contributed by atoms with van der Waals surface area (Å²) in [5.74, 6) is 0.231. The molecule has 2 heterocycles. The van der Waals surface area contributed by atoms with Gasteiger partial charge in [-0.2, -0.15) is 0 Å². The van der Waals surface area contributed by atoms with Crippen LogP contribution in [0.2, 0.25) is 0 Å². The maximum absolute atomic E-state index is 12.5. The predicted molar refractivity (Wildman–Crippen MR) is 48.3 cm³/mol. The molecule has 0 amide bonds. The summed E-state index contributed by atoms with van der Waals surface area (Å²) in [6, 6.07) is 0. The van der Waals surface area contributed by atoms with Crippen molar-refractivity contribution in [2.45, 2.75) is 6.92 Å². The fourth-order valence-electron chi connectivity index (χ4n) is 1.000. The molecule has 0 atom stereocenters. The van der Waals surface area contributed by atoms with E-state index in [1.807, 2.05) is 6.92 Å². The van der Waals surface area contributed by atoms with Crippen molar-refractivity contribution in [3.63, 3.8) is 0 Å². The van der Waals surface area contributed by atoms with Gasteiger partial charge in [0.1, 0.15) is 5.82 Å². The molecule has 0 aliphatic rings. The average molecular weight is 193 g/mol. The van der Waals surface area contributed by atoms with Crippen molar-refractivity contribution in [3.05, 3.63) is 30.0 Å². The normalized spacial score (nSPS) is 10.4. The van der Waals surface area contributed by atoms with E-state index in [4.69, 9.17) is 5.73 Å². The van der Waals surface area contributed by atoms with Gasteiger partial charge in [-0.1, -0.05) is 0 Å². The number of aromatic nitrogens is 4. The number of aryl methyl sites for hydroxylation is 1. The lowest BCUT2D eigenvalue weighted by Crippen LogP contribution is -2.02. The molecule has 0 unspecified atom stereocenters. The van der Waals surface area contributed by atoms with Crippen molar-refractivity contribution < 1.29 is 4.39 Å². The molecular weight excluding hydrogens is 185 g/mol. The van der Waals surface area contributed by atoms with E-state index >= 15 is 0 Å². The minimum Gasteiger partial charge on any atom is -0.382 e. The molecule has 0 bridgehead atoms. The Hall–Kier alpha value is -1.98. The molecule has 2 aromatic rings. The van der Waals surface area contributed by atoms with Crippen LogP contribution in [0.3, 0.4) is 0 Å². The van der Waals surface area contributed by atoms with Crippen molar-refractivity contribution in [2.24, 2.45) is 0 Å². The highest BCUT2D eigenvalue weighted by Crippen LogP contribution is 2.09. The van der Waals surface area contributed by atoms with Crippen molar-refractivity contribution in [1.82, 2.24) is 19.7 Å². The number of rotatable bonds is 1. The summed E-state index contributed by atoms with van der Waals surface area (Å²) in [5.41, 5.74) is 6.38. The van der Waals surface area contributed by atoms with Gasteiger partial charge in [0.2, 0.25) is 0 Å². The van der Waals surface area contributed by atoms with Gasteiger partial charge in [-0.25, -0.2) is 19.0 Å². The van der Waals surface area contributed by atoms with E-state index in [1.54, 1.807) is 6.20 Å². The first kappa shape index (κ1) is 8.61. The van der Waals surface area contributed by atoms with Gasteiger partial charge < -0.3 is 5.73 Å². The van der Waals surface area contributed by atoms with E-state index in [0.717, 1.165) is 18.0 Å². The number of hydrogen-bond donors (Lipinski definition) is 1. The van der Waals surface area contributed by atoms with E-state index < -0.39 is 5.82 Å². The largest absolute Gasteiger partial charge is 0.382 e. The molecule has 0 saturated heterocycles. The van der Waals surface area contributed by atoms with Gasteiger partial charge in [0.05, 0.1) is 12.4 Å². The molecule has 14 heavy (non-hydrogen) atoms. The number of nitrogens with zero attached hydrogens (tertiary/aromatic N) is 4. The molecule has 2 rings (SSSR count). The maximum Gasteiger partial charge on any atom is 0.250 e. The molecule has 0 radical (unpaired) electrons. The zero-order chi connectivity index (χ0) is 10.1. The Bertz CT molecular complexity index is 428. The van der Waals surface area contributed by atoms with E-state index in [9.17, 15) is 4.39 Å². The second-order valence-corrected chi connectivity index (χ2v) is 2.84. The molecule has 0 aliphatic carbocycles. The fraction of sp³-hybridized carbons (Fsp3) is 0.125. The third-order valence-electron chi connectivity index (χ3n) is 1.75. The number of nitrogen functional groups attached to an aromatic ring is 1. The first-order chi connectivity index (χ1) is 6.66. The molecule has 72 valence electrons. The van der Waals surface area contributed by atoms with Crippen LogP contribution in [0.25, 0.3) is 5.95 Å². The third kappa shape index (κ3) is 1.41. The van der Waals surface area contributed by atoms with E-state index in [0.29, 0.717) is 11.8 Å². The smallest absolute Gasteiger partial charge is 0.250 e. The van der Waals surface area contributed by atoms with Crippen molar-refractivity contribution >= 4 is 5.82 Å². The van der Waals surface area contributed by atoms with Crippen molar-refractivity contribution in [1.29, 1.82) is 0 Å². The van der Waals surface area contributed by atoms with Crippen LogP contribution in [0.4, 0.5) is 10.2 Å². The van der Waals surface area contributed by atoms with Crippen LogP contribution >= 0.6 is 0 Å². The van der Waals surface area contributed by atoms with Gasteiger partial charge in [-0.3, -0.25) is 0 Å². The third-order valence-corrected chi connectivity index (χ3v) is 1.75. The first-order valence-corrected chi connectivity index (χ1v) is 3.96. The number of anilines is 1. The zero-order valence-electron chi connectivity index (χ0n) is 7.48. The summed E-state index contributed by atoms with van der Waals surface area (Å²) in [5, 5.41) is 3.96. The van der Waals surface area contributed by atoms with Gasteiger partial charge in [-0.05, 0) is 6.92 Å². The monoisotopic (exact) mass is 193 g/mol. The van der Waals surface area contributed by atoms with Crippen molar-refractivity contribution in [2.75, 3.05) is 5.73 Å². The molecular formula is C8H8FN5. The van der Waals surface area contributed by atoms with Crippen LogP contribution in [0, 0.1) is 12.7 Å². The lowest BCUT2D eigenvalue weighted by atomic mass is 10.4. The highest BCUT2D eigenvalue weighted by molar-refractivity contribution is 5.37. The topological polar surface area (TPSA) is 69.6 Å². The molecule has 5 nitrogen and oxygen atoms in total. The minimum atomic E-state index is -0.481. The lowest BCUT2D eigenvalue weighted by Gasteiger charge is -1.96. The highest BCUT2D eigenvalue weighted by Gasteiger charge is 2.04. The molecule has 2 aromatic heterocycles. The van der Waals surface area contributed by atoms with Crippen LogP contribution in [0.1, 0.15) is 5.56 Å². The summed E-state index contributed by atoms with van der Waals surface area (Å²) in [6.07, 6.45) is 3.84. The SMILES string of the molecule is Cc1cn(-c2ncc(F)cn2)nc1N. The standard InChI is InChI=1S/C8H8FN5/c1-5-4-14(13-7(5)10)8-11-2-6(9)3-12-8/h2-4H,1H3,(H2,10,13). The summed E-state index contributed by atoms with van der Waals surface area (Å²) < 4.78 is 13.9. The van der Waals surface area contributed by atoms with Crippen LogP contribution < -0.4 is 5.73 Å². The second kappa shape index (κ2) is 3.06. The maximum atomic E-state index is 12.5. The van der Waals surface area contributed by atoms with Gasteiger partial charge in [0.15, 0.2) is 5.82 Å². The Balaban J connectivity index is 2.44. The Morgan fingerprint density at radius 2 is 2.00 bits per heavy atom. The minimum absolute atomic E-state index is 0.297. The van der Waals surface area contributed by atoms with Crippen LogP contribution in [0.5, 0.6) is 0 Å². The van der Waals surface area contributed by atoms with Gasteiger partial charge in [0.25, 0.3) is 5.95 Å². The van der Waals surface area contributed by atoms with Gasteiger partial charge >= 0.3 is 0 Å². The van der Waals surface area contributed by atoms with Crippen LogP contribution in [-0.4, -0.2) is 19.7 Å². The van der Waals surface area contributed by atoms with Gasteiger partial charge in [0, 0.05) is 11.8 Å². The zero-order valence-corrected chi connectivity index (χ0v) is 7.48. The van der Waals surface area contributed by atoms with Crippen molar-refractivity contribution in [3.8, 4) is 5.95 Å². The molecule has 0 aromatic carbocycles. The highest BCUT2D eigenvalue weighted by atomic mass is 19.1. The second-order valence-electron chi connectivity index (χ2n) is 2.84.